The first-order chi connectivity index (χ1) is 24.3. The summed E-state index contributed by atoms with van der Waals surface area (Å²) < 4.78 is 6.29. The van der Waals surface area contributed by atoms with Gasteiger partial charge in [0.1, 0.15) is 22.7 Å². The van der Waals surface area contributed by atoms with Gasteiger partial charge in [0.15, 0.2) is 0 Å². The number of piperidine rings is 1. The van der Waals surface area contributed by atoms with E-state index in [0.29, 0.717) is 65.6 Å². The van der Waals surface area contributed by atoms with E-state index in [1.54, 1.807) is 6.20 Å². The van der Waals surface area contributed by atoms with Gasteiger partial charge in [-0.25, -0.2) is 4.79 Å². The van der Waals surface area contributed by atoms with E-state index in [2.05, 4.69) is 39.9 Å². The standard InChI is InChI=1S/C41H51Cl2N5O3/c1-7-51-34-24-35(39(2,3)4)44-26-33(34)36-46-40(5,29-12-16-31(42)17-13-29)41(6,30-14-18-32(43)19-15-30)48(36)38(50)47-22-20-28(21-23-47)37(49)45-25-27-10-8-9-11-27/h12-19,24,26-28H,7-11,20-23,25H2,1-6H3,(H,45,49)/t40-,41+/m0/s1. The number of pyridine rings is 1. The van der Waals surface area contributed by atoms with Crippen LogP contribution in [0.15, 0.2) is 65.8 Å². The van der Waals surface area contributed by atoms with Gasteiger partial charge in [-0.3, -0.25) is 19.7 Å². The Kier molecular flexibility index (Phi) is 10.8. The molecule has 0 radical (unpaired) electrons. The fraction of sp³-hybridized carbons (Fsp3) is 0.512. The number of carbonyl (C=O) groups excluding carboxylic acids is 2. The molecule has 3 heterocycles. The maximum absolute atomic E-state index is 15.2. The van der Waals surface area contributed by atoms with Crippen LogP contribution < -0.4 is 10.1 Å². The smallest absolute Gasteiger partial charge is 0.326 e. The topological polar surface area (TPSA) is 87.1 Å². The number of nitrogens with one attached hydrogen (secondary N) is 1. The van der Waals surface area contributed by atoms with Crippen molar-refractivity contribution >= 4 is 41.0 Å². The summed E-state index contributed by atoms with van der Waals surface area (Å²) in [6.45, 7) is 14.5. The summed E-state index contributed by atoms with van der Waals surface area (Å²) in [4.78, 5) is 42.6. The van der Waals surface area contributed by atoms with Crippen LogP contribution in [-0.4, -0.2) is 58.8 Å². The largest absolute Gasteiger partial charge is 0.493 e. The molecular weight excluding hydrogens is 681 g/mol. The van der Waals surface area contributed by atoms with Gasteiger partial charge in [0, 0.05) is 59.0 Å². The molecule has 3 aromatic rings. The highest BCUT2D eigenvalue weighted by atomic mass is 35.5. The van der Waals surface area contributed by atoms with Crippen molar-refractivity contribution in [1.29, 1.82) is 0 Å². The molecule has 6 rings (SSSR count). The van der Waals surface area contributed by atoms with Crippen molar-refractivity contribution in [2.45, 2.75) is 96.6 Å². The van der Waals surface area contributed by atoms with Crippen LogP contribution in [0.2, 0.25) is 10.0 Å². The Hall–Kier alpha value is -3.62. The molecule has 0 spiro atoms. The van der Waals surface area contributed by atoms with Crippen LogP contribution in [0.25, 0.3) is 0 Å². The van der Waals surface area contributed by atoms with Gasteiger partial charge in [0.25, 0.3) is 0 Å². The molecule has 51 heavy (non-hydrogen) atoms. The number of halogens is 2. The SMILES string of the molecule is CCOc1cc(C(C)(C)C)ncc1C1=N[C@@](C)(c2ccc(Cl)cc2)[C@@](C)(c2ccc(Cl)cc2)N1C(=O)N1CCC(C(=O)NCC2CCCC2)CC1. The maximum atomic E-state index is 15.2. The lowest BCUT2D eigenvalue weighted by atomic mass is 9.71. The third-order valence-electron chi connectivity index (χ3n) is 11.3. The third-order valence-corrected chi connectivity index (χ3v) is 11.8. The fourth-order valence-electron chi connectivity index (χ4n) is 7.94. The number of hydrogen-bond donors (Lipinski definition) is 1. The van der Waals surface area contributed by atoms with Gasteiger partial charge in [-0.1, -0.05) is 81.1 Å². The average molecular weight is 733 g/mol. The van der Waals surface area contributed by atoms with E-state index in [4.69, 9.17) is 37.9 Å². The average Bonchev–Trinajstić information content (AvgIpc) is 3.72. The van der Waals surface area contributed by atoms with E-state index in [1.165, 1.54) is 25.7 Å². The van der Waals surface area contributed by atoms with Crippen molar-refractivity contribution in [1.82, 2.24) is 20.1 Å². The number of carbonyl (C=O) groups is 2. The molecule has 1 saturated carbocycles. The molecule has 0 bridgehead atoms. The second kappa shape index (κ2) is 14.8. The number of amidine groups is 1. The summed E-state index contributed by atoms with van der Waals surface area (Å²) in [6, 6.07) is 17.1. The van der Waals surface area contributed by atoms with E-state index < -0.39 is 11.1 Å². The summed E-state index contributed by atoms with van der Waals surface area (Å²) in [5.41, 5.74) is 1.06. The van der Waals surface area contributed by atoms with E-state index in [-0.39, 0.29) is 23.3 Å². The number of ether oxygens (including phenoxy) is 1. The van der Waals surface area contributed by atoms with Gasteiger partial charge in [-0.15, -0.1) is 0 Å². The van der Waals surface area contributed by atoms with Crippen molar-refractivity contribution in [2.75, 3.05) is 26.2 Å². The molecule has 2 aliphatic heterocycles. The second-order valence-electron chi connectivity index (χ2n) is 15.6. The van der Waals surface area contributed by atoms with Crippen LogP contribution in [0, 0.1) is 11.8 Å². The highest BCUT2D eigenvalue weighted by Gasteiger charge is 2.60. The Morgan fingerprint density at radius 3 is 2.08 bits per heavy atom. The van der Waals surface area contributed by atoms with E-state index in [9.17, 15) is 4.79 Å². The van der Waals surface area contributed by atoms with Crippen LogP contribution in [0.1, 0.15) is 102 Å². The molecular formula is C41H51Cl2N5O3. The van der Waals surface area contributed by atoms with Crippen molar-refractivity contribution in [3.05, 3.63) is 93.2 Å². The number of nitrogens with zero attached hydrogens (tertiary/aromatic N) is 4. The van der Waals surface area contributed by atoms with Gasteiger partial charge < -0.3 is 15.0 Å². The lowest BCUT2D eigenvalue weighted by Gasteiger charge is -2.47. The summed E-state index contributed by atoms with van der Waals surface area (Å²) in [5, 5.41) is 4.43. The normalized spacial score (nSPS) is 23.0. The molecule has 2 aromatic carbocycles. The number of benzene rings is 2. The predicted molar refractivity (Wildman–Crippen MR) is 205 cm³/mol. The lowest BCUT2D eigenvalue weighted by molar-refractivity contribution is -0.126. The summed E-state index contributed by atoms with van der Waals surface area (Å²) >= 11 is 12.8. The van der Waals surface area contributed by atoms with Crippen LogP contribution in [0.3, 0.4) is 0 Å². The zero-order valence-corrected chi connectivity index (χ0v) is 32.3. The number of rotatable bonds is 8. The summed E-state index contributed by atoms with van der Waals surface area (Å²) in [5.74, 6) is 1.65. The number of likely N-dealkylation sites (tertiary alicyclic amines) is 1. The van der Waals surface area contributed by atoms with Crippen molar-refractivity contribution in [3.8, 4) is 5.75 Å². The quantitative estimate of drug-likeness (QED) is 0.250. The zero-order valence-electron chi connectivity index (χ0n) is 30.8. The van der Waals surface area contributed by atoms with Crippen LogP contribution in [0.5, 0.6) is 5.75 Å². The van der Waals surface area contributed by atoms with Crippen LogP contribution in [0.4, 0.5) is 4.79 Å². The Morgan fingerprint density at radius 2 is 1.51 bits per heavy atom. The van der Waals surface area contributed by atoms with Gasteiger partial charge in [0.05, 0.1) is 12.2 Å². The highest BCUT2D eigenvalue weighted by molar-refractivity contribution is 6.30. The van der Waals surface area contributed by atoms with Crippen molar-refractivity contribution in [3.63, 3.8) is 0 Å². The summed E-state index contributed by atoms with van der Waals surface area (Å²) in [7, 11) is 0. The van der Waals surface area contributed by atoms with E-state index >= 15 is 4.79 Å². The zero-order chi connectivity index (χ0) is 36.6. The maximum Gasteiger partial charge on any atom is 0.326 e. The first kappa shape index (κ1) is 37.1. The molecule has 8 nitrogen and oxygen atoms in total. The number of amides is 3. The lowest BCUT2D eigenvalue weighted by Crippen LogP contribution is -2.59. The molecule has 272 valence electrons. The predicted octanol–water partition coefficient (Wildman–Crippen LogP) is 9.12. The Labute approximate surface area is 313 Å². The van der Waals surface area contributed by atoms with Gasteiger partial charge in [-0.2, -0.15) is 0 Å². The molecule has 3 aliphatic rings. The van der Waals surface area contributed by atoms with Crippen molar-refractivity contribution in [2.24, 2.45) is 16.8 Å². The van der Waals surface area contributed by atoms with E-state index in [1.807, 2.05) is 71.3 Å². The van der Waals surface area contributed by atoms with Gasteiger partial charge in [0.2, 0.25) is 5.91 Å². The number of urea groups is 1. The van der Waals surface area contributed by atoms with Gasteiger partial charge in [-0.05, 0) is 87.8 Å². The molecule has 10 heteroatoms. The number of aromatic nitrogens is 1. The minimum Gasteiger partial charge on any atom is -0.493 e. The second-order valence-corrected chi connectivity index (χ2v) is 16.5. The van der Waals surface area contributed by atoms with Crippen molar-refractivity contribution < 1.29 is 14.3 Å². The van der Waals surface area contributed by atoms with E-state index in [0.717, 1.165) is 23.4 Å². The minimum atomic E-state index is -1.03. The van der Waals surface area contributed by atoms with Crippen LogP contribution >= 0.6 is 23.2 Å². The molecule has 2 fully saturated rings. The molecule has 1 N–H and O–H groups in total. The Morgan fingerprint density at radius 1 is 0.922 bits per heavy atom. The Bertz CT molecular complexity index is 1760. The van der Waals surface area contributed by atoms with Crippen LogP contribution in [-0.2, 0) is 21.3 Å². The molecule has 0 unspecified atom stereocenters. The molecule has 1 aliphatic carbocycles. The minimum absolute atomic E-state index is 0.102. The summed E-state index contributed by atoms with van der Waals surface area (Å²) in [6.07, 6.45) is 7.86. The molecule has 1 aromatic heterocycles. The molecule has 1 saturated heterocycles. The first-order valence-electron chi connectivity index (χ1n) is 18.4. The number of hydrogen-bond acceptors (Lipinski definition) is 5. The first-order valence-corrected chi connectivity index (χ1v) is 19.1. The highest BCUT2D eigenvalue weighted by Crippen LogP contribution is 2.54. The van der Waals surface area contributed by atoms with Gasteiger partial charge >= 0.3 is 6.03 Å². The molecule has 3 amide bonds. The number of aliphatic imine (C=N–C) groups is 1. The fourth-order valence-corrected chi connectivity index (χ4v) is 8.19. The monoisotopic (exact) mass is 731 g/mol. The Balaban J connectivity index is 1.43. The third kappa shape index (κ3) is 7.23. The molecule has 2 atom stereocenters.